The maximum absolute atomic E-state index is 13.5. The van der Waals surface area contributed by atoms with Crippen molar-refractivity contribution in [3.8, 4) is 0 Å². The summed E-state index contributed by atoms with van der Waals surface area (Å²) in [5.41, 5.74) is 0.154. The van der Waals surface area contributed by atoms with Gasteiger partial charge in [-0.3, -0.25) is 9.69 Å². The molecule has 2 aliphatic rings. The summed E-state index contributed by atoms with van der Waals surface area (Å²) in [7, 11) is 0. The smallest absolute Gasteiger partial charge is 0.170 e. The Morgan fingerprint density at radius 1 is 0.931 bits per heavy atom. The van der Waals surface area contributed by atoms with Gasteiger partial charge in [0.15, 0.2) is 5.78 Å². The van der Waals surface area contributed by atoms with Gasteiger partial charge in [0.1, 0.15) is 5.60 Å². The highest BCUT2D eigenvalue weighted by molar-refractivity contribution is 6.30. The van der Waals surface area contributed by atoms with E-state index in [0.717, 1.165) is 12.1 Å². The third-order valence-corrected chi connectivity index (χ3v) is 7.16. The Morgan fingerprint density at radius 2 is 1.52 bits per heavy atom. The van der Waals surface area contributed by atoms with Crippen LogP contribution in [-0.2, 0) is 5.60 Å². The molecule has 2 aromatic carbocycles. The van der Waals surface area contributed by atoms with Crippen LogP contribution in [0.3, 0.4) is 0 Å². The zero-order valence-corrected chi connectivity index (χ0v) is 18.0. The molecule has 154 valence electrons. The topological polar surface area (TPSA) is 40.5 Å². The third-order valence-electron chi connectivity index (χ3n) is 6.65. The van der Waals surface area contributed by atoms with Crippen molar-refractivity contribution in [3.63, 3.8) is 0 Å². The molecule has 2 aromatic rings. The number of aliphatic hydroxyl groups is 1. The van der Waals surface area contributed by atoms with Gasteiger partial charge in [0.2, 0.25) is 0 Å². The van der Waals surface area contributed by atoms with Gasteiger partial charge in [-0.15, -0.1) is 0 Å². The number of Topliss-reactive ketones (excluding diaryl/α,β-unsaturated/α-hetero) is 1. The van der Waals surface area contributed by atoms with Crippen LogP contribution in [0.15, 0.2) is 48.5 Å². The number of nitrogens with zero attached hydrogens (tertiary/aromatic N) is 1. The number of hydrogen-bond donors (Lipinski definition) is 1. The van der Waals surface area contributed by atoms with Crippen molar-refractivity contribution in [2.45, 2.75) is 50.2 Å². The Morgan fingerprint density at radius 3 is 2.14 bits per heavy atom. The van der Waals surface area contributed by atoms with Crippen LogP contribution in [-0.4, -0.2) is 34.9 Å². The summed E-state index contributed by atoms with van der Waals surface area (Å²) < 4.78 is 0. The highest BCUT2D eigenvalue weighted by atomic mass is 35.5. The molecular weight excluding hydrogens is 405 g/mol. The lowest BCUT2D eigenvalue weighted by Gasteiger charge is -2.47. The first-order valence-electron chi connectivity index (χ1n) is 10.5. The predicted molar refractivity (Wildman–Crippen MR) is 118 cm³/mol. The summed E-state index contributed by atoms with van der Waals surface area (Å²) in [6, 6.07) is 14.8. The zero-order chi connectivity index (χ0) is 20.4. The predicted octanol–water partition coefficient (Wildman–Crippen LogP) is 5.72. The van der Waals surface area contributed by atoms with Gasteiger partial charge in [-0.05, 0) is 61.2 Å². The van der Waals surface area contributed by atoms with Crippen molar-refractivity contribution < 1.29 is 9.90 Å². The molecule has 3 nitrogen and oxygen atoms in total. The van der Waals surface area contributed by atoms with Crippen LogP contribution in [0.5, 0.6) is 0 Å². The van der Waals surface area contributed by atoms with E-state index >= 15 is 0 Å². The molecule has 1 saturated heterocycles. The van der Waals surface area contributed by atoms with Crippen LogP contribution in [0.25, 0.3) is 0 Å². The van der Waals surface area contributed by atoms with Gasteiger partial charge < -0.3 is 5.11 Å². The largest absolute Gasteiger partial charge is 0.384 e. The fourth-order valence-corrected chi connectivity index (χ4v) is 5.19. The normalized spacial score (nSPS) is 26.4. The average Bonchev–Trinajstić information content (AvgIpc) is 2.75. The second-order valence-corrected chi connectivity index (χ2v) is 9.26. The van der Waals surface area contributed by atoms with Crippen LogP contribution >= 0.6 is 23.2 Å². The lowest BCUT2D eigenvalue weighted by atomic mass is 9.72. The van der Waals surface area contributed by atoms with Gasteiger partial charge in [0.05, 0.1) is 5.92 Å². The summed E-state index contributed by atoms with van der Waals surface area (Å²) in [6.45, 7) is 1.37. The molecule has 1 aliphatic carbocycles. The van der Waals surface area contributed by atoms with E-state index in [-0.39, 0.29) is 5.78 Å². The molecule has 0 amide bonds. The fourth-order valence-electron chi connectivity index (χ4n) is 4.94. The maximum Gasteiger partial charge on any atom is 0.170 e. The lowest BCUT2D eigenvalue weighted by Crippen LogP contribution is -2.55. The molecule has 2 atom stereocenters. The second-order valence-electron chi connectivity index (χ2n) is 8.39. The lowest BCUT2D eigenvalue weighted by molar-refractivity contribution is -0.0749. The van der Waals surface area contributed by atoms with E-state index in [2.05, 4.69) is 4.90 Å². The van der Waals surface area contributed by atoms with Crippen LogP contribution < -0.4 is 0 Å². The number of hydrogen-bond acceptors (Lipinski definition) is 3. The van der Waals surface area contributed by atoms with Gasteiger partial charge >= 0.3 is 0 Å². The molecule has 1 saturated carbocycles. The van der Waals surface area contributed by atoms with E-state index in [9.17, 15) is 9.90 Å². The van der Waals surface area contributed by atoms with Crippen LogP contribution in [0.2, 0.25) is 10.0 Å². The molecule has 5 heteroatoms. The number of ketones is 1. The zero-order valence-electron chi connectivity index (χ0n) is 16.5. The first-order valence-corrected chi connectivity index (χ1v) is 11.3. The van der Waals surface area contributed by atoms with Crippen LogP contribution in [0.4, 0.5) is 0 Å². The van der Waals surface area contributed by atoms with Crippen molar-refractivity contribution in [1.82, 2.24) is 4.90 Å². The number of rotatable bonds is 4. The Labute approximate surface area is 182 Å². The number of halogens is 2. The Kier molecular flexibility index (Phi) is 6.31. The average molecular weight is 432 g/mol. The summed E-state index contributed by atoms with van der Waals surface area (Å²) in [5, 5.41) is 13.0. The molecule has 4 rings (SSSR count). The maximum atomic E-state index is 13.5. The number of likely N-dealkylation sites (tertiary alicyclic amines) is 1. The summed E-state index contributed by atoms with van der Waals surface area (Å²) in [4.78, 5) is 16.0. The van der Waals surface area contributed by atoms with Gasteiger partial charge in [-0.1, -0.05) is 54.6 Å². The van der Waals surface area contributed by atoms with Gasteiger partial charge in [-0.25, -0.2) is 0 Å². The summed E-state index contributed by atoms with van der Waals surface area (Å²) >= 11 is 12.1. The first kappa shape index (κ1) is 20.9. The monoisotopic (exact) mass is 431 g/mol. The van der Waals surface area contributed by atoms with Gasteiger partial charge in [0.25, 0.3) is 0 Å². The fraction of sp³-hybridized carbons (Fsp3) is 0.458. The minimum absolute atomic E-state index is 0.0281. The minimum Gasteiger partial charge on any atom is -0.384 e. The van der Waals surface area contributed by atoms with E-state index < -0.39 is 11.5 Å². The number of piperidine rings is 1. The van der Waals surface area contributed by atoms with Crippen molar-refractivity contribution in [1.29, 1.82) is 0 Å². The standard InChI is InChI=1S/C24H27Cl2NO2/c25-19-10-6-17(7-11-19)23(28)22-16-27(21-4-2-1-3-5-21)15-14-24(22,29)18-8-12-20(26)13-9-18/h6-13,21-22,29H,1-5,14-16H2/t22-,24-/m0/s1. The highest BCUT2D eigenvalue weighted by Crippen LogP contribution is 2.41. The SMILES string of the molecule is O=C(c1ccc(Cl)cc1)[C@@H]1CN(C2CCCCC2)CC[C@]1(O)c1ccc(Cl)cc1. The molecule has 2 fully saturated rings. The van der Waals surface area contributed by atoms with E-state index in [4.69, 9.17) is 23.2 Å². The van der Waals surface area contributed by atoms with E-state index in [0.29, 0.717) is 34.6 Å². The molecule has 1 aliphatic heterocycles. The molecule has 1 heterocycles. The quantitative estimate of drug-likeness (QED) is 0.629. The highest BCUT2D eigenvalue weighted by Gasteiger charge is 2.47. The first-order chi connectivity index (χ1) is 14.0. The minimum atomic E-state index is -1.20. The Bertz CT molecular complexity index is 846. The van der Waals surface area contributed by atoms with E-state index in [1.54, 1.807) is 36.4 Å². The summed E-state index contributed by atoms with van der Waals surface area (Å²) in [5.74, 6) is -0.555. The van der Waals surface area contributed by atoms with Crippen LogP contribution in [0.1, 0.15) is 54.4 Å². The van der Waals surface area contributed by atoms with Gasteiger partial charge in [-0.2, -0.15) is 0 Å². The number of carbonyl (C=O) groups excluding carboxylic acids is 1. The second kappa shape index (κ2) is 8.77. The molecular formula is C24H27Cl2NO2. The third kappa shape index (κ3) is 4.39. The molecule has 0 bridgehead atoms. The van der Waals surface area contributed by atoms with Crippen molar-refractivity contribution in [2.24, 2.45) is 5.92 Å². The number of benzene rings is 2. The molecule has 0 radical (unpaired) electrons. The molecule has 1 N–H and O–H groups in total. The van der Waals surface area contributed by atoms with Crippen molar-refractivity contribution >= 4 is 29.0 Å². The van der Waals surface area contributed by atoms with E-state index in [1.165, 1.54) is 32.1 Å². The Balaban J connectivity index is 1.67. The molecule has 0 spiro atoms. The molecule has 0 aromatic heterocycles. The Hall–Kier alpha value is -1.39. The molecule has 29 heavy (non-hydrogen) atoms. The molecule has 0 unspecified atom stereocenters. The van der Waals surface area contributed by atoms with Gasteiger partial charge in [0, 0.05) is 34.7 Å². The van der Waals surface area contributed by atoms with Crippen LogP contribution in [0, 0.1) is 5.92 Å². The van der Waals surface area contributed by atoms with Crippen molar-refractivity contribution in [3.05, 3.63) is 69.7 Å². The summed E-state index contributed by atoms with van der Waals surface area (Å²) in [6.07, 6.45) is 6.70. The van der Waals surface area contributed by atoms with E-state index in [1.807, 2.05) is 12.1 Å². The van der Waals surface area contributed by atoms with Crippen molar-refractivity contribution in [2.75, 3.05) is 13.1 Å². The number of carbonyl (C=O) groups is 1.